The molecule has 0 aliphatic heterocycles. The molecule has 106 valence electrons. The Hall–Kier alpha value is -2.01. The van der Waals surface area contributed by atoms with Gasteiger partial charge in [0.2, 0.25) is 0 Å². The van der Waals surface area contributed by atoms with Crippen molar-refractivity contribution >= 4 is 17.4 Å². The molecular formula is C14H17ClN4O. The number of aryl methyl sites for hydroxylation is 2. The molecule has 1 aromatic carbocycles. The zero-order valence-corrected chi connectivity index (χ0v) is 12.2. The molecule has 2 rings (SSSR count). The lowest BCUT2D eigenvalue weighted by molar-refractivity contribution is 0.318. The molecule has 0 spiro atoms. The first-order valence-electron chi connectivity index (χ1n) is 6.46. The predicted octanol–water partition coefficient (Wildman–Crippen LogP) is 2.75. The van der Waals surface area contributed by atoms with Gasteiger partial charge in [0.1, 0.15) is 0 Å². The molecule has 2 aromatic rings. The van der Waals surface area contributed by atoms with Crippen molar-refractivity contribution in [3.8, 4) is 5.69 Å². The molecule has 1 aromatic heterocycles. The largest absolute Gasteiger partial charge is 0.409 e. The van der Waals surface area contributed by atoms with Crippen LogP contribution in [-0.4, -0.2) is 20.8 Å². The van der Waals surface area contributed by atoms with Crippen LogP contribution in [0.2, 0.25) is 5.02 Å². The van der Waals surface area contributed by atoms with Gasteiger partial charge in [0.25, 0.3) is 0 Å². The molecule has 0 aliphatic carbocycles. The summed E-state index contributed by atoms with van der Waals surface area (Å²) in [6, 6.07) is 7.43. The first-order chi connectivity index (χ1) is 9.60. The van der Waals surface area contributed by atoms with E-state index in [1.54, 1.807) is 12.1 Å². The molecule has 5 nitrogen and oxygen atoms in total. The average Bonchev–Trinajstić information content (AvgIpc) is 2.89. The summed E-state index contributed by atoms with van der Waals surface area (Å²) in [6.07, 6.45) is 1.77. The molecule has 6 heteroatoms. The fraction of sp³-hybridized carbons (Fsp3) is 0.286. The Morgan fingerprint density at radius 2 is 2.10 bits per heavy atom. The third-order valence-corrected chi connectivity index (χ3v) is 3.45. The van der Waals surface area contributed by atoms with Crippen molar-refractivity contribution in [3.63, 3.8) is 0 Å². The van der Waals surface area contributed by atoms with Crippen LogP contribution in [-0.2, 0) is 12.8 Å². The summed E-state index contributed by atoms with van der Waals surface area (Å²) >= 11 is 6.18. The van der Waals surface area contributed by atoms with E-state index in [1.807, 2.05) is 10.7 Å². The highest BCUT2D eigenvalue weighted by molar-refractivity contribution is 6.34. The number of rotatable bonds is 4. The lowest BCUT2D eigenvalue weighted by Gasteiger charge is -2.08. The van der Waals surface area contributed by atoms with Crippen LogP contribution in [0.4, 0.5) is 0 Å². The normalized spacial score (nSPS) is 11.8. The minimum atomic E-state index is -0.00743. The Morgan fingerprint density at radius 1 is 1.35 bits per heavy atom. The number of nitrogens with two attached hydrogens (primary N) is 1. The lowest BCUT2D eigenvalue weighted by atomic mass is 10.2. The van der Waals surface area contributed by atoms with Gasteiger partial charge in [-0.2, -0.15) is 5.10 Å². The average molecular weight is 293 g/mol. The van der Waals surface area contributed by atoms with E-state index >= 15 is 0 Å². The summed E-state index contributed by atoms with van der Waals surface area (Å²) in [7, 11) is 0. The fourth-order valence-electron chi connectivity index (χ4n) is 2.02. The zero-order chi connectivity index (χ0) is 14.7. The van der Waals surface area contributed by atoms with E-state index < -0.39 is 0 Å². The highest BCUT2D eigenvalue weighted by atomic mass is 35.5. The van der Waals surface area contributed by atoms with Gasteiger partial charge in [-0.15, -0.1) is 0 Å². The Balaban J connectivity index is 2.49. The summed E-state index contributed by atoms with van der Waals surface area (Å²) < 4.78 is 1.88. The van der Waals surface area contributed by atoms with Gasteiger partial charge in [-0.05, 0) is 37.1 Å². The number of benzene rings is 1. The van der Waals surface area contributed by atoms with Crippen LogP contribution < -0.4 is 5.73 Å². The molecular weight excluding hydrogens is 276 g/mol. The molecule has 20 heavy (non-hydrogen) atoms. The van der Waals surface area contributed by atoms with Crippen molar-refractivity contribution < 1.29 is 5.21 Å². The van der Waals surface area contributed by atoms with Crippen molar-refractivity contribution in [2.75, 3.05) is 0 Å². The summed E-state index contributed by atoms with van der Waals surface area (Å²) in [5.74, 6) is -0.00743. The quantitative estimate of drug-likeness (QED) is 0.394. The lowest BCUT2D eigenvalue weighted by Crippen LogP contribution is -2.14. The molecule has 0 unspecified atom stereocenters. The van der Waals surface area contributed by atoms with Gasteiger partial charge >= 0.3 is 0 Å². The van der Waals surface area contributed by atoms with Crippen LogP contribution in [0.3, 0.4) is 0 Å². The first kappa shape index (κ1) is 14.4. The molecule has 1 heterocycles. The maximum atomic E-state index is 8.70. The third kappa shape index (κ3) is 2.63. The van der Waals surface area contributed by atoms with Gasteiger partial charge in [0, 0.05) is 11.3 Å². The van der Waals surface area contributed by atoms with Crippen LogP contribution in [0, 0.1) is 0 Å². The summed E-state index contributed by atoms with van der Waals surface area (Å²) in [4.78, 5) is 0. The van der Waals surface area contributed by atoms with Crippen molar-refractivity contribution in [1.82, 2.24) is 9.78 Å². The van der Waals surface area contributed by atoms with Gasteiger partial charge in [-0.25, -0.2) is 4.68 Å². The highest BCUT2D eigenvalue weighted by Crippen LogP contribution is 2.22. The van der Waals surface area contributed by atoms with E-state index in [0.717, 1.165) is 29.9 Å². The molecule has 0 saturated heterocycles. The minimum absolute atomic E-state index is 0.00743. The maximum Gasteiger partial charge on any atom is 0.171 e. The van der Waals surface area contributed by atoms with Gasteiger partial charge in [0.05, 0.1) is 16.4 Å². The van der Waals surface area contributed by atoms with Crippen LogP contribution >= 0.6 is 11.6 Å². The van der Waals surface area contributed by atoms with E-state index in [1.165, 1.54) is 0 Å². The number of oxime groups is 1. The standard InChI is InChI=1S/C14H17ClN4O/c1-3-9-7-10(4-2)19(17-9)11-5-6-12(13(15)8-11)14(16)18-20/h5-8,20H,3-4H2,1-2H3,(H2,16,18). The topological polar surface area (TPSA) is 76.4 Å². The van der Waals surface area contributed by atoms with Crippen LogP contribution in [0.15, 0.2) is 29.4 Å². The number of amidine groups is 1. The summed E-state index contributed by atoms with van der Waals surface area (Å²) in [5, 5.41) is 16.6. The minimum Gasteiger partial charge on any atom is -0.409 e. The van der Waals surface area contributed by atoms with E-state index in [9.17, 15) is 0 Å². The van der Waals surface area contributed by atoms with Gasteiger partial charge in [-0.3, -0.25) is 0 Å². The number of aromatic nitrogens is 2. The summed E-state index contributed by atoms with van der Waals surface area (Å²) in [5.41, 5.74) is 9.08. The molecule has 0 saturated carbocycles. The second-order valence-corrected chi connectivity index (χ2v) is 4.80. The Bertz CT molecular complexity index is 649. The van der Waals surface area contributed by atoms with Crippen LogP contribution in [0.1, 0.15) is 30.8 Å². The van der Waals surface area contributed by atoms with Crippen LogP contribution in [0.5, 0.6) is 0 Å². The monoisotopic (exact) mass is 292 g/mol. The fourth-order valence-corrected chi connectivity index (χ4v) is 2.29. The second-order valence-electron chi connectivity index (χ2n) is 4.40. The molecule has 0 radical (unpaired) electrons. The van der Waals surface area contributed by atoms with Gasteiger partial charge in [0.15, 0.2) is 5.84 Å². The van der Waals surface area contributed by atoms with E-state index in [0.29, 0.717) is 10.6 Å². The van der Waals surface area contributed by atoms with Gasteiger partial charge < -0.3 is 10.9 Å². The van der Waals surface area contributed by atoms with E-state index in [2.05, 4.69) is 30.2 Å². The van der Waals surface area contributed by atoms with Crippen molar-refractivity contribution in [2.24, 2.45) is 10.9 Å². The molecule has 0 bridgehead atoms. The molecule has 0 fully saturated rings. The first-order valence-corrected chi connectivity index (χ1v) is 6.84. The SMILES string of the molecule is CCc1cc(CC)n(-c2ccc(/C(N)=N/O)c(Cl)c2)n1. The molecule has 0 atom stereocenters. The molecule has 0 amide bonds. The Labute approximate surface area is 122 Å². The van der Waals surface area contributed by atoms with Crippen molar-refractivity contribution in [2.45, 2.75) is 26.7 Å². The van der Waals surface area contributed by atoms with E-state index in [4.69, 9.17) is 22.5 Å². The smallest absolute Gasteiger partial charge is 0.171 e. The highest BCUT2D eigenvalue weighted by Gasteiger charge is 2.11. The van der Waals surface area contributed by atoms with Gasteiger partial charge in [-0.1, -0.05) is 30.6 Å². The third-order valence-electron chi connectivity index (χ3n) is 3.14. The van der Waals surface area contributed by atoms with E-state index in [-0.39, 0.29) is 5.84 Å². The van der Waals surface area contributed by atoms with Crippen molar-refractivity contribution in [1.29, 1.82) is 0 Å². The summed E-state index contributed by atoms with van der Waals surface area (Å²) in [6.45, 7) is 4.15. The zero-order valence-electron chi connectivity index (χ0n) is 11.5. The number of hydrogen-bond acceptors (Lipinski definition) is 3. The number of halogens is 1. The maximum absolute atomic E-state index is 8.70. The number of nitrogens with zero attached hydrogens (tertiary/aromatic N) is 3. The Morgan fingerprint density at radius 3 is 2.65 bits per heavy atom. The second kappa shape index (κ2) is 5.96. The molecule has 0 aliphatic rings. The Kier molecular flexibility index (Phi) is 4.29. The number of hydrogen-bond donors (Lipinski definition) is 2. The van der Waals surface area contributed by atoms with Crippen molar-refractivity contribution in [3.05, 3.63) is 46.2 Å². The molecule has 3 N–H and O–H groups in total. The van der Waals surface area contributed by atoms with Crippen LogP contribution in [0.25, 0.3) is 5.69 Å². The predicted molar refractivity (Wildman–Crippen MR) is 79.8 cm³/mol.